The smallest absolute Gasteiger partial charge is 0.247 e. The van der Waals surface area contributed by atoms with Gasteiger partial charge in [0, 0.05) is 5.57 Å². The Labute approximate surface area is 126 Å². The molecule has 0 aliphatic heterocycles. The summed E-state index contributed by atoms with van der Waals surface area (Å²) in [6.45, 7) is 3.77. The van der Waals surface area contributed by atoms with Crippen LogP contribution in [0.25, 0.3) is 0 Å². The third-order valence-electron chi connectivity index (χ3n) is 4.41. The first-order valence-electron chi connectivity index (χ1n) is 7.69. The maximum Gasteiger partial charge on any atom is 0.247 e. The number of carbonyl (C=O) groups is 1. The lowest BCUT2D eigenvalue weighted by atomic mass is 9.87. The molecule has 1 aromatic carbocycles. The van der Waals surface area contributed by atoms with Crippen LogP contribution in [-0.4, -0.2) is 5.91 Å². The molecule has 2 aliphatic rings. The summed E-state index contributed by atoms with van der Waals surface area (Å²) in [7, 11) is 0. The molecule has 2 heteroatoms. The Morgan fingerprint density at radius 1 is 1.19 bits per heavy atom. The van der Waals surface area contributed by atoms with E-state index in [0.29, 0.717) is 0 Å². The lowest BCUT2D eigenvalue weighted by Crippen LogP contribution is -2.32. The van der Waals surface area contributed by atoms with Crippen LogP contribution in [0.5, 0.6) is 0 Å². The van der Waals surface area contributed by atoms with Crippen LogP contribution in [0.1, 0.15) is 42.9 Å². The van der Waals surface area contributed by atoms with E-state index < -0.39 is 0 Å². The zero-order valence-corrected chi connectivity index (χ0v) is 12.3. The van der Waals surface area contributed by atoms with Crippen molar-refractivity contribution in [3.05, 3.63) is 71.3 Å². The molecular formula is C19H21NO. The average Bonchev–Trinajstić information content (AvgIpc) is 2.55. The maximum absolute atomic E-state index is 12.4. The van der Waals surface area contributed by atoms with Crippen LogP contribution < -0.4 is 5.32 Å². The van der Waals surface area contributed by atoms with Gasteiger partial charge in [-0.15, -0.1) is 0 Å². The van der Waals surface area contributed by atoms with Crippen molar-refractivity contribution in [2.24, 2.45) is 0 Å². The molecule has 0 saturated heterocycles. The Bertz CT molecular complexity index is 624. The Balaban J connectivity index is 1.73. The van der Waals surface area contributed by atoms with E-state index in [1.165, 1.54) is 16.7 Å². The molecule has 0 fully saturated rings. The van der Waals surface area contributed by atoms with E-state index in [4.69, 9.17) is 0 Å². The average molecular weight is 279 g/mol. The van der Waals surface area contributed by atoms with Gasteiger partial charge in [-0.2, -0.15) is 0 Å². The maximum atomic E-state index is 12.4. The molecule has 2 aliphatic carbocycles. The van der Waals surface area contributed by atoms with Gasteiger partial charge in [0.25, 0.3) is 0 Å². The zero-order chi connectivity index (χ0) is 14.7. The lowest BCUT2D eigenvalue weighted by molar-refractivity contribution is -0.118. The fraction of sp³-hybridized carbons (Fsp3) is 0.316. The minimum atomic E-state index is 0.0797. The topological polar surface area (TPSA) is 29.1 Å². The van der Waals surface area contributed by atoms with Crippen molar-refractivity contribution >= 4 is 5.91 Å². The first-order valence-corrected chi connectivity index (χ1v) is 7.69. The Morgan fingerprint density at radius 2 is 2.05 bits per heavy atom. The highest BCUT2D eigenvalue weighted by Crippen LogP contribution is 2.30. The van der Waals surface area contributed by atoms with Crippen LogP contribution in [0.3, 0.4) is 0 Å². The Hall–Kier alpha value is -2.09. The van der Waals surface area contributed by atoms with Crippen molar-refractivity contribution in [2.75, 3.05) is 0 Å². The normalized spacial score (nSPS) is 20.9. The summed E-state index contributed by atoms with van der Waals surface area (Å²) in [4.78, 5) is 12.4. The minimum Gasteiger partial charge on any atom is -0.346 e. The van der Waals surface area contributed by atoms with Gasteiger partial charge < -0.3 is 5.32 Å². The molecule has 0 saturated carbocycles. The van der Waals surface area contributed by atoms with Crippen LogP contribution >= 0.6 is 0 Å². The molecule has 1 N–H and O–H groups in total. The number of amides is 1. The van der Waals surface area contributed by atoms with Gasteiger partial charge in [0.2, 0.25) is 5.91 Å². The molecule has 1 amide bonds. The number of benzene rings is 1. The van der Waals surface area contributed by atoms with Crippen molar-refractivity contribution in [3.8, 4) is 0 Å². The second-order valence-corrected chi connectivity index (χ2v) is 5.75. The lowest BCUT2D eigenvalue weighted by Gasteiger charge is -2.27. The summed E-state index contributed by atoms with van der Waals surface area (Å²) in [5.41, 5.74) is 4.74. The van der Waals surface area contributed by atoms with Crippen molar-refractivity contribution in [2.45, 2.75) is 38.1 Å². The van der Waals surface area contributed by atoms with Crippen LogP contribution in [0, 0.1) is 0 Å². The monoisotopic (exact) mass is 279 g/mol. The number of carbonyl (C=O) groups excluding carboxylic acids is 1. The van der Waals surface area contributed by atoms with Crippen molar-refractivity contribution in [1.29, 1.82) is 0 Å². The first kappa shape index (κ1) is 13.9. The summed E-state index contributed by atoms with van der Waals surface area (Å²) in [5, 5.41) is 3.22. The molecule has 0 spiro atoms. The number of allylic oxidation sites excluding steroid dienone is 4. The second kappa shape index (κ2) is 6.13. The number of fused-ring (bicyclic) bond motifs is 1. The van der Waals surface area contributed by atoms with Gasteiger partial charge in [-0.3, -0.25) is 4.79 Å². The number of rotatable bonds is 3. The van der Waals surface area contributed by atoms with Gasteiger partial charge in [0.1, 0.15) is 0 Å². The zero-order valence-electron chi connectivity index (χ0n) is 12.3. The fourth-order valence-corrected chi connectivity index (χ4v) is 3.17. The summed E-state index contributed by atoms with van der Waals surface area (Å²) in [5.74, 6) is 0.0797. The van der Waals surface area contributed by atoms with Crippen LogP contribution in [-0.2, 0) is 11.2 Å². The van der Waals surface area contributed by atoms with Crippen LogP contribution in [0.4, 0.5) is 0 Å². The molecule has 0 radical (unpaired) electrons. The predicted molar refractivity (Wildman–Crippen MR) is 85.9 cm³/mol. The van der Waals surface area contributed by atoms with Gasteiger partial charge in [-0.05, 0) is 48.8 Å². The molecule has 3 rings (SSSR count). The van der Waals surface area contributed by atoms with Gasteiger partial charge >= 0.3 is 0 Å². The fourth-order valence-electron chi connectivity index (χ4n) is 3.17. The van der Waals surface area contributed by atoms with Crippen molar-refractivity contribution in [3.63, 3.8) is 0 Å². The highest BCUT2D eigenvalue weighted by atomic mass is 16.1. The minimum absolute atomic E-state index is 0.0797. The molecule has 0 bridgehead atoms. The molecule has 108 valence electrons. The van der Waals surface area contributed by atoms with E-state index >= 15 is 0 Å². The highest BCUT2D eigenvalue weighted by molar-refractivity contribution is 5.94. The number of aryl methyl sites for hydroxylation is 1. The number of hydrogen-bond donors (Lipinski definition) is 1. The molecule has 0 heterocycles. The molecule has 21 heavy (non-hydrogen) atoms. The van der Waals surface area contributed by atoms with Crippen molar-refractivity contribution < 1.29 is 4.79 Å². The van der Waals surface area contributed by atoms with E-state index in [1.807, 2.05) is 18.2 Å². The first-order chi connectivity index (χ1) is 10.3. The highest BCUT2D eigenvalue weighted by Gasteiger charge is 2.22. The van der Waals surface area contributed by atoms with Crippen LogP contribution in [0.2, 0.25) is 0 Å². The third kappa shape index (κ3) is 2.99. The molecule has 0 aromatic heterocycles. The summed E-state index contributed by atoms with van der Waals surface area (Å²) < 4.78 is 0. The summed E-state index contributed by atoms with van der Waals surface area (Å²) >= 11 is 0. The van der Waals surface area contributed by atoms with Crippen molar-refractivity contribution in [1.82, 2.24) is 5.32 Å². The molecule has 1 atom stereocenters. The van der Waals surface area contributed by atoms with Crippen LogP contribution in [0.15, 0.2) is 60.2 Å². The molecule has 1 aromatic rings. The number of nitrogens with one attached hydrogen (secondary N) is 1. The standard InChI is InChI=1S/C19H21NO/c1-2-14-10-12-16(13-11-14)19(21)20-18-9-5-7-15-6-3-4-8-17(15)18/h2-4,6,8,10,12,18H,1,5,7,9,11,13H2,(H,20,21)/t18-/m0/s1. The SMILES string of the molecule is C=CC1=CC=C(C(=O)N[C@H]2CCCc3ccccc32)CC1. The van der Waals surface area contributed by atoms with E-state index in [0.717, 1.165) is 37.7 Å². The van der Waals surface area contributed by atoms with E-state index in [-0.39, 0.29) is 11.9 Å². The summed E-state index contributed by atoms with van der Waals surface area (Å²) in [6, 6.07) is 8.61. The van der Waals surface area contributed by atoms with Gasteiger partial charge in [0.15, 0.2) is 0 Å². The van der Waals surface area contributed by atoms with E-state index in [1.54, 1.807) is 0 Å². The Morgan fingerprint density at radius 3 is 2.81 bits per heavy atom. The quantitative estimate of drug-likeness (QED) is 0.890. The molecular weight excluding hydrogens is 258 g/mol. The van der Waals surface area contributed by atoms with Gasteiger partial charge in [-0.1, -0.05) is 49.1 Å². The number of hydrogen-bond acceptors (Lipinski definition) is 1. The second-order valence-electron chi connectivity index (χ2n) is 5.75. The Kier molecular flexibility index (Phi) is 4.05. The van der Waals surface area contributed by atoms with Gasteiger partial charge in [-0.25, -0.2) is 0 Å². The van der Waals surface area contributed by atoms with E-state index in [2.05, 4.69) is 36.2 Å². The molecule has 2 nitrogen and oxygen atoms in total. The summed E-state index contributed by atoms with van der Waals surface area (Å²) in [6.07, 6.45) is 10.8. The largest absolute Gasteiger partial charge is 0.346 e. The van der Waals surface area contributed by atoms with E-state index in [9.17, 15) is 4.79 Å². The predicted octanol–water partition coefficient (Wildman–Crippen LogP) is 4.01. The molecule has 0 unspecified atom stereocenters. The van der Waals surface area contributed by atoms with Gasteiger partial charge in [0.05, 0.1) is 6.04 Å². The third-order valence-corrected chi connectivity index (χ3v) is 4.41.